The van der Waals surface area contributed by atoms with E-state index in [9.17, 15) is 9.59 Å². The molecule has 0 saturated carbocycles. The topological polar surface area (TPSA) is 68.5 Å². The lowest BCUT2D eigenvalue weighted by Crippen LogP contribution is -2.15. The van der Waals surface area contributed by atoms with Crippen molar-refractivity contribution in [2.24, 2.45) is 0 Å². The first-order valence-electron chi connectivity index (χ1n) is 9.54. The number of nitrogens with one attached hydrogen (secondary N) is 1. The van der Waals surface area contributed by atoms with Gasteiger partial charge >= 0.3 is 5.97 Å². The molecule has 0 fully saturated rings. The molecule has 0 unspecified atom stereocenters. The molecule has 6 heteroatoms. The molecule has 3 aromatic rings. The minimum absolute atomic E-state index is 0.281. The number of fused-ring (bicyclic) bond motifs is 2. The zero-order valence-corrected chi connectivity index (χ0v) is 17.3. The van der Waals surface area contributed by atoms with Crippen molar-refractivity contribution in [2.45, 2.75) is 47.0 Å². The third kappa shape index (κ3) is 3.02. The zero-order chi connectivity index (χ0) is 20.0. The predicted molar refractivity (Wildman–Crippen MR) is 111 cm³/mol. The first-order valence-corrected chi connectivity index (χ1v) is 10.4. The number of amides is 1. The monoisotopic (exact) mass is 397 g/mol. The summed E-state index contributed by atoms with van der Waals surface area (Å²) < 4.78 is 11.1. The molecule has 5 nitrogen and oxygen atoms in total. The number of furan rings is 1. The molecule has 4 rings (SSSR count). The number of hydrogen-bond donors (Lipinski definition) is 1. The Bertz CT molecular complexity index is 1110. The third-order valence-corrected chi connectivity index (χ3v) is 6.59. The van der Waals surface area contributed by atoms with Crippen LogP contribution in [0.5, 0.6) is 0 Å². The normalized spacial score (nSPS) is 13.0. The fraction of sp³-hybridized carbons (Fsp3) is 0.364. The number of thiophene rings is 1. The van der Waals surface area contributed by atoms with Crippen LogP contribution in [0.2, 0.25) is 0 Å². The van der Waals surface area contributed by atoms with Gasteiger partial charge in [-0.05, 0) is 75.8 Å². The molecule has 2 aromatic heterocycles. The Labute approximate surface area is 167 Å². The Kier molecular flexibility index (Phi) is 4.75. The quantitative estimate of drug-likeness (QED) is 0.604. The molecule has 1 aromatic carbocycles. The summed E-state index contributed by atoms with van der Waals surface area (Å²) in [5, 5.41) is 4.41. The molecule has 2 heterocycles. The molecular formula is C22H23NO4S. The van der Waals surface area contributed by atoms with Gasteiger partial charge in [0, 0.05) is 15.8 Å². The van der Waals surface area contributed by atoms with Gasteiger partial charge in [-0.2, -0.15) is 0 Å². The molecule has 0 spiro atoms. The molecule has 146 valence electrons. The van der Waals surface area contributed by atoms with Gasteiger partial charge < -0.3 is 14.5 Å². The van der Waals surface area contributed by atoms with Crippen LogP contribution in [0.1, 0.15) is 61.4 Å². The molecule has 0 saturated heterocycles. The average molecular weight is 397 g/mol. The number of hydrogen-bond acceptors (Lipinski definition) is 5. The number of carbonyl (C=O) groups is 2. The lowest BCUT2D eigenvalue weighted by atomic mass is 10.0. The van der Waals surface area contributed by atoms with E-state index in [2.05, 4.69) is 5.32 Å². The van der Waals surface area contributed by atoms with Gasteiger partial charge in [-0.3, -0.25) is 4.79 Å². The van der Waals surface area contributed by atoms with E-state index in [0.717, 1.165) is 51.8 Å². The molecule has 1 aliphatic carbocycles. The summed E-state index contributed by atoms with van der Waals surface area (Å²) in [6.07, 6.45) is 2.81. The van der Waals surface area contributed by atoms with Gasteiger partial charge in [-0.1, -0.05) is 0 Å². The highest BCUT2D eigenvalue weighted by Crippen LogP contribution is 2.40. The van der Waals surface area contributed by atoms with Gasteiger partial charge in [0.25, 0.3) is 5.91 Å². The molecule has 0 aliphatic heterocycles. The highest BCUT2D eigenvalue weighted by atomic mass is 32.1. The van der Waals surface area contributed by atoms with Gasteiger partial charge in [0.1, 0.15) is 10.6 Å². The second-order valence-corrected chi connectivity index (χ2v) is 8.33. The smallest absolute Gasteiger partial charge is 0.341 e. The van der Waals surface area contributed by atoms with Gasteiger partial charge in [-0.25, -0.2) is 4.79 Å². The third-order valence-electron chi connectivity index (χ3n) is 5.39. The molecule has 1 aliphatic rings. The maximum Gasteiger partial charge on any atom is 0.341 e. The average Bonchev–Trinajstić information content (AvgIpc) is 3.30. The first-order chi connectivity index (χ1) is 13.4. The van der Waals surface area contributed by atoms with E-state index >= 15 is 0 Å². The number of esters is 1. The van der Waals surface area contributed by atoms with E-state index in [4.69, 9.17) is 9.15 Å². The fourth-order valence-corrected chi connectivity index (χ4v) is 5.04. The summed E-state index contributed by atoms with van der Waals surface area (Å²) in [5.41, 5.74) is 5.30. The first kappa shape index (κ1) is 18.7. The van der Waals surface area contributed by atoms with E-state index in [-0.39, 0.29) is 17.6 Å². The summed E-state index contributed by atoms with van der Waals surface area (Å²) in [7, 11) is 0. The van der Waals surface area contributed by atoms with Crippen LogP contribution in [0, 0.1) is 20.8 Å². The largest absolute Gasteiger partial charge is 0.462 e. The summed E-state index contributed by atoms with van der Waals surface area (Å²) in [6.45, 7) is 8.03. The summed E-state index contributed by atoms with van der Waals surface area (Å²) in [6, 6.07) is 4.00. The maximum atomic E-state index is 13.0. The van der Waals surface area contributed by atoms with Crippen LogP contribution in [-0.4, -0.2) is 18.5 Å². The number of anilines is 1. The number of rotatable bonds is 4. The van der Waals surface area contributed by atoms with Crippen molar-refractivity contribution >= 4 is 39.2 Å². The van der Waals surface area contributed by atoms with Gasteiger partial charge in [0.15, 0.2) is 5.76 Å². The molecular weight excluding hydrogens is 374 g/mol. The summed E-state index contributed by atoms with van der Waals surface area (Å²) >= 11 is 1.47. The van der Waals surface area contributed by atoms with E-state index in [0.29, 0.717) is 22.8 Å². The van der Waals surface area contributed by atoms with Crippen molar-refractivity contribution in [1.82, 2.24) is 0 Å². The Hall–Kier alpha value is -2.60. The van der Waals surface area contributed by atoms with Crippen molar-refractivity contribution in [3.8, 4) is 0 Å². The van der Waals surface area contributed by atoms with E-state index in [1.807, 2.05) is 32.9 Å². The Morgan fingerprint density at radius 3 is 2.68 bits per heavy atom. The molecule has 0 bridgehead atoms. The molecule has 0 radical (unpaired) electrons. The SMILES string of the molecule is CCOC(=O)c1c(NC(=O)c2oc3cc(C)c(C)cc3c2C)sc2c1CCC2. The van der Waals surface area contributed by atoms with Crippen LogP contribution < -0.4 is 5.32 Å². The fourth-order valence-electron chi connectivity index (χ4n) is 3.76. The molecule has 0 atom stereocenters. The molecule has 1 N–H and O–H groups in total. The standard InChI is InChI=1S/C22H23NO4S/c1-5-26-22(25)18-14-7-6-8-17(14)28-21(18)23-20(24)19-13(4)15-9-11(2)12(3)10-16(15)27-19/h9-10H,5-8H2,1-4H3,(H,23,24). The zero-order valence-electron chi connectivity index (χ0n) is 16.5. The Morgan fingerprint density at radius 2 is 1.93 bits per heavy atom. The number of aryl methyl sites for hydroxylation is 4. The van der Waals surface area contributed by atoms with Crippen molar-refractivity contribution in [2.75, 3.05) is 11.9 Å². The molecule has 28 heavy (non-hydrogen) atoms. The van der Waals surface area contributed by atoms with Crippen molar-refractivity contribution in [3.05, 3.63) is 50.6 Å². The van der Waals surface area contributed by atoms with Gasteiger partial charge in [0.2, 0.25) is 0 Å². The highest BCUT2D eigenvalue weighted by Gasteiger charge is 2.29. The van der Waals surface area contributed by atoms with E-state index in [1.54, 1.807) is 6.92 Å². The minimum Gasteiger partial charge on any atom is -0.462 e. The number of benzene rings is 1. The van der Waals surface area contributed by atoms with Crippen LogP contribution in [0.25, 0.3) is 11.0 Å². The van der Waals surface area contributed by atoms with Crippen LogP contribution in [0.3, 0.4) is 0 Å². The Morgan fingerprint density at radius 1 is 1.18 bits per heavy atom. The van der Waals surface area contributed by atoms with Crippen molar-refractivity contribution in [3.63, 3.8) is 0 Å². The van der Waals surface area contributed by atoms with E-state index in [1.165, 1.54) is 11.3 Å². The Balaban J connectivity index is 1.71. The van der Waals surface area contributed by atoms with Gasteiger partial charge in [-0.15, -0.1) is 11.3 Å². The second-order valence-electron chi connectivity index (χ2n) is 7.22. The summed E-state index contributed by atoms with van der Waals surface area (Å²) in [4.78, 5) is 26.6. The van der Waals surface area contributed by atoms with Crippen LogP contribution in [0.15, 0.2) is 16.5 Å². The van der Waals surface area contributed by atoms with Crippen LogP contribution in [-0.2, 0) is 17.6 Å². The highest BCUT2D eigenvalue weighted by molar-refractivity contribution is 7.17. The van der Waals surface area contributed by atoms with E-state index < -0.39 is 0 Å². The van der Waals surface area contributed by atoms with Crippen LogP contribution >= 0.6 is 11.3 Å². The van der Waals surface area contributed by atoms with Crippen LogP contribution in [0.4, 0.5) is 5.00 Å². The minimum atomic E-state index is -0.371. The predicted octanol–water partition coefficient (Wildman–Crippen LogP) is 5.34. The molecule has 1 amide bonds. The lowest BCUT2D eigenvalue weighted by Gasteiger charge is -2.07. The second kappa shape index (κ2) is 7.09. The number of ether oxygens (including phenoxy) is 1. The van der Waals surface area contributed by atoms with Gasteiger partial charge in [0.05, 0.1) is 12.2 Å². The number of carbonyl (C=O) groups excluding carboxylic acids is 2. The van der Waals surface area contributed by atoms with Crippen molar-refractivity contribution in [1.29, 1.82) is 0 Å². The van der Waals surface area contributed by atoms with Crippen molar-refractivity contribution < 1.29 is 18.7 Å². The summed E-state index contributed by atoms with van der Waals surface area (Å²) in [5.74, 6) is -0.428. The lowest BCUT2D eigenvalue weighted by molar-refractivity contribution is 0.0527. The maximum absolute atomic E-state index is 13.0.